The number of benzene rings is 2. The number of aromatic nitrogens is 2. The van der Waals surface area contributed by atoms with E-state index in [1.54, 1.807) is 0 Å². The topological polar surface area (TPSA) is 40.7 Å². The van der Waals surface area contributed by atoms with Crippen molar-refractivity contribution in [2.24, 2.45) is 0 Å². The lowest BCUT2D eigenvalue weighted by Gasteiger charge is -2.30. The zero-order valence-electron chi connectivity index (χ0n) is 12.6. The second-order valence-corrected chi connectivity index (χ2v) is 6.28. The summed E-state index contributed by atoms with van der Waals surface area (Å²) >= 11 is 0. The maximum absolute atomic E-state index is 4.08. The molecule has 0 atom stereocenters. The van der Waals surface area contributed by atoms with Gasteiger partial charge in [-0.2, -0.15) is 5.10 Å². The van der Waals surface area contributed by atoms with Gasteiger partial charge in [-0.3, -0.25) is 5.10 Å². The molecular formula is C19H21N3. The van der Waals surface area contributed by atoms with Crippen LogP contribution in [-0.4, -0.2) is 16.2 Å². The number of nitrogens with one attached hydrogen (secondary N) is 2. The molecule has 3 heteroatoms. The van der Waals surface area contributed by atoms with Gasteiger partial charge < -0.3 is 5.32 Å². The summed E-state index contributed by atoms with van der Waals surface area (Å²) in [6.07, 6.45) is 6.91. The Hall–Kier alpha value is -2.29. The Morgan fingerprint density at radius 2 is 1.77 bits per heavy atom. The average molecular weight is 291 g/mol. The van der Waals surface area contributed by atoms with E-state index in [1.165, 1.54) is 42.3 Å². The SMILES string of the molecule is c1ccc(C2CCC(Nc3ccc4[nH]ncc4c3)CC2)cc1. The minimum Gasteiger partial charge on any atom is -0.382 e. The zero-order chi connectivity index (χ0) is 14.8. The minimum atomic E-state index is 0.587. The fraction of sp³-hybridized carbons (Fsp3) is 0.316. The molecule has 2 aromatic carbocycles. The van der Waals surface area contributed by atoms with Crippen molar-refractivity contribution in [3.63, 3.8) is 0 Å². The Morgan fingerprint density at radius 3 is 2.59 bits per heavy atom. The first kappa shape index (κ1) is 13.4. The predicted molar refractivity (Wildman–Crippen MR) is 91.2 cm³/mol. The van der Waals surface area contributed by atoms with E-state index in [9.17, 15) is 0 Å². The van der Waals surface area contributed by atoms with Gasteiger partial charge in [-0.1, -0.05) is 30.3 Å². The number of nitrogens with zero attached hydrogens (tertiary/aromatic N) is 1. The molecule has 0 saturated heterocycles. The van der Waals surface area contributed by atoms with E-state index in [-0.39, 0.29) is 0 Å². The van der Waals surface area contributed by atoms with Crippen molar-refractivity contribution in [3.8, 4) is 0 Å². The maximum Gasteiger partial charge on any atom is 0.0651 e. The molecule has 1 fully saturated rings. The number of aromatic amines is 1. The molecule has 1 aliphatic carbocycles. The van der Waals surface area contributed by atoms with Crippen molar-refractivity contribution >= 4 is 16.6 Å². The Labute approximate surface area is 130 Å². The Kier molecular flexibility index (Phi) is 3.55. The molecule has 1 aromatic heterocycles. The normalized spacial score (nSPS) is 21.8. The number of anilines is 1. The molecule has 22 heavy (non-hydrogen) atoms. The second-order valence-electron chi connectivity index (χ2n) is 6.28. The van der Waals surface area contributed by atoms with Gasteiger partial charge in [0, 0.05) is 17.1 Å². The summed E-state index contributed by atoms with van der Waals surface area (Å²) in [5.74, 6) is 0.732. The third-order valence-electron chi connectivity index (χ3n) is 4.81. The fourth-order valence-corrected chi connectivity index (χ4v) is 3.56. The lowest BCUT2D eigenvalue weighted by Crippen LogP contribution is -2.25. The molecule has 2 N–H and O–H groups in total. The number of hydrogen-bond donors (Lipinski definition) is 2. The average Bonchev–Trinajstić information content (AvgIpc) is 3.04. The fourth-order valence-electron chi connectivity index (χ4n) is 3.56. The highest BCUT2D eigenvalue weighted by atomic mass is 15.1. The Bertz CT molecular complexity index is 739. The van der Waals surface area contributed by atoms with Crippen LogP contribution in [0, 0.1) is 0 Å². The first-order valence-electron chi connectivity index (χ1n) is 8.13. The molecule has 0 unspecified atom stereocenters. The van der Waals surface area contributed by atoms with Gasteiger partial charge in [0.2, 0.25) is 0 Å². The molecular weight excluding hydrogens is 270 g/mol. The van der Waals surface area contributed by atoms with Crippen molar-refractivity contribution in [1.29, 1.82) is 0 Å². The van der Waals surface area contributed by atoms with Crippen molar-refractivity contribution in [3.05, 3.63) is 60.3 Å². The van der Waals surface area contributed by atoms with Crippen LogP contribution in [0.5, 0.6) is 0 Å². The molecule has 112 valence electrons. The van der Waals surface area contributed by atoms with Gasteiger partial charge in [-0.25, -0.2) is 0 Å². The van der Waals surface area contributed by atoms with Crippen LogP contribution in [0.1, 0.15) is 37.2 Å². The van der Waals surface area contributed by atoms with Crippen molar-refractivity contribution in [2.75, 3.05) is 5.32 Å². The quantitative estimate of drug-likeness (QED) is 0.734. The summed E-state index contributed by atoms with van der Waals surface area (Å²) in [6, 6.07) is 18.0. The van der Waals surface area contributed by atoms with Crippen LogP contribution in [0.15, 0.2) is 54.7 Å². The molecule has 0 spiro atoms. The first-order chi connectivity index (χ1) is 10.9. The standard InChI is InChI=1S/C19H21N3/c1-2-4-14(5-3-1)15-6-8-17(9-7-15)21-18-10-11-19-16(12-18)13-20-22-19/h1-5,10-13,15,17,21H,6-9H2,(H,20,22). The van der Waals surface area contributed by atoms with E-state index >= 15 is 0 Å². The van der Waals surface area contributed by atoms with Crippen LogP contribution in [0.25, 0.3) is 10.9 Å². The summed E-state index contributed by atoms with van der Waals surface area (Å²) in [6.45, 7) is 0. The van der Waals surface area contributed by atoms with Crippen LogP contribution in [0.2, 0.25) is 0 Å². The van der Waals surface area contributed by atoms with Crippen LogP contribution < -0.4 is 5.32 Å². The van der Waals surface area contributed by atoms with Crippen LogP contribution in [0.4, 0.5) is 5.69 Å². The molecule has 1 saturated carbocycles. The molecule has 3 nitrogen and oxygen atoms in total. The summed E-state index contributed by atoms with van der Waals surface area (Å²) < 4.78 is 0. The van der Waals surface area contributed by atoms with Gasteiger partial charge in [0.05, 0.1) is 11.7 Å². The predicted octanol–water partition coefficient (Wildman–Crippen LogP) is 4.70. The van der Waals surface area contributed by atoms with Gasteiger partial charge in [0.15, 0.2) is 0 Å². The summed E-state index contributed by atoms with van der Waals surface area (Å²) in [7, 11) is 0. The highest BCUT2D eigenvalue weighted by molar-refractivity contribution is 5.81. The molecule has 0 bridgehead atoms. The number of rotatable bonds is 3. The second kappa shape index (κ2) is 5.84. The number of hydrogen-bond acceptors (Lipinski definition) is 2. The van der Waals surface area contributed by atoms with E-state index in [2.05, 4.69) is 64.0 Å². The highest BCUT2D eigenvalue weighted by Crippen LogP contribution is 2.34. The maximum atomic E-state index is 4.08. The summed E-state index contributed by atoms with van der Waals surface area (Å²) in [4.78, 5) is 0. The van der Waals surface area contributed by atoms with E-state index < -0.39 is 0 Å². The molecule has 1 heterocycles. The number of H-pyrrole nitrogens is 1. The Balaban J connectivity index is 1.39. The zero-order valence-corrected chi connectivity index (χ0v) is 12.6. The van der Waals surface area contributed by atoms with E-state index in [0.717, 1.165) is 11.4 Å². The van der Waals surface area contributed by atoms with Gasteiger partial charge >= 0.3 is 0 Å². The van der Waals surface area contributed by atoms with E-state index in [1.807, 2.05) is 6.20 Å². The summed E-state index contributed by atoms with van der Waals surface area (Å²) in [5.41, 5.74) is 3.80. The van der Waals surface area contributed by atoms with Crippen molar-refractivity contribution in [2.45, 2.75) is 37.6 Å². The third-order valence-corrected chi connectivity index (χ3v) is 4.81. The molecule has 1 aliphatic rings. The van der Waals surface area contributed by atoms with Crippen molar-refractivity contribution in [1.82, 2.24) is 10.2 Å². The minimum absolute atomic E-state index is 0.587. The highest BCUT2D eigenvalue weighted by Gasteiger charge is 2.22. The molecule has 0 amide bonds. The van der Waals surface area contributed by atoms with Gasteiger partial charge in [-0.05, 0) is 55.4 Å². The number of fused-ring (bicyclic) bond motifs is 1. The lowest BCUT2D eigenvalue weighted by atomic mass is 9.82. The van der Waals surface area contributed by atoms with E-state index in [0.29, 0.717) is 6.04 Å². The largest absolute Gasteiger partial charge is 0.382 e. The molecule has 4 rings (SSSR count). The Morgan fingerprint density at radius 1 is 0.955 bits per heavy atom. The van der Waals surface area contributed by atoms with Crippen LogP contribution in [0.3, 0.4) is 0 Å². The van der Waals surface area contributed by atoms with Gasteiger partial charge in [0.25, 0.3) is 0 Å². The molecule has 0 radical (unpaired) electrons. The van der Waals surface area contributed by atoms with Crippen LogP contribution >= 0.6 is 0 Å². The lowest BCUT2D eigenvalue weighted by molar-refractivity contribution is 0.412. The molecule has 3 aromatic rings. The first-order valence-corrected chi connectivity index (χ1v) is 8.13. The third kappa shape index (κ3) is 2.71. The van der Waals surface area contributed by atoms with Gasteiger partial charge in [-0.15, -0.1) is 0 Å². The summed E-state index contributed by atoms with van der Waals surface area (Å²) in [5, 5.41) is 11.9. The molecule has 0 aliphatic heterocycles. The van der Waals surface area contributed by atoms with Crippen molar-refractivity contribution < 1.29 is 0 Å². The van der Waals surface area contributed by atoms with Gasteiger partial charge in [0.1, 0.15) is 0 Å². The van der Waals surface area contributed by atoms with Crippen LogP contribution in [-0.2, 0) is 0 Å². The smallest absolute Gasteiger partial charge is 0.0651 e. The van der Waals surface area contributed by atoms with E-state index in [4.69, 9.17) is 0 Å². The monoisotopic (exact) mass is 291 g/mol.